The third-order valence-corrected chi connectivity index (χ3v) is 9.12. The van der Waals surface area contributed by atoms with E-state index < -0.39 is 7.14 Å². The smallest absolute Gasteiger partial charge is 0.172 e. The van der Waals surface area contributed by atoms with Crippen LogP contribution in [0.5, 0.6) is 5.75 Å². The van der Waals surface area contributed by atoms with Gasteiger partial charge in [0.1, 0.15) is 5.75 Å². The van der Waals surface area contributed by atoms with Crippen LogP contribution in [0.1, 0.15) is 0 Å². The largest absolute Gasteiger partial charge is 0.507 e. The van der Waals surface area contributed by atoms with Crippen molar-refractivity contribution in [2.24, 2.45) is 0 Å². The van der Waals surface area contributed by atoms with Gasteiger partial charge < -0.3 is 9.67 Å². The molecule has 0 saturated carbocycles. The number of hydrogen-bond acceptors (Lipinski definition) is 2. The molecule has 2 nitrogen and oxygen atoms in total. The van der Waals surface area contributed by atoms with Crippen molar-refractivity contribution in [2.45, 2.75) is 0 Å². The second kappa shape index (κ2) is 8.31. The van der Waals surface area contributed by atoms with Gasteiger partial charge in [0, 0.05) is 26.3 Å². The van der Waals surface area contributed by atoms with Crippen LogP contribution in [-0.4, -0.2) is 5.11 Å². The Hall–Kier alpha value is -3.32. The molecular weight excluding hydrogens is 435 g/mol. The zero-order chi connectivity index (χ0) is 22.1. The first-order valence-electron chi connectivity index (χ1n) is 10.3. The number of benzene rings is 5. The van der Waals surface area contributed by atoms with E-state index in [1.165, 1.54) is 0 Å². The van der Waals surface area contributed by atoms with Gasteiger partial charge in [-0.15, -0.1) is 0 Å². The lowest BCUT2D eigenvalue weighted by atomic mass is 10.00. The molecule has 0 unspecified atom stereocenters. The van der Waals surface area contributed by atoms with E-state index >= 15 is 4.57 Å². The van der Waals surface area contributed by atoms with Crippen LogP contribution in [0.25, 0.3) is 21.9 Å². The molecule has 0 aromatic heterocycles. The minimum Gasteiger partial charge on any atom is -0.507 e. The number of fused-ring (bicyclic) bond motifs is 1. The molecule has 156 valence electrons. The SMILES string of the molecule is O=P(c1ccccc1)(c1ccccc1)c1c(-c2ccc(Cl)cc2)cc(O)c2ccccc12. The summed E-state index contributed by atoms with van der Waals surface area (Å²) in [5, 5.41) is 15.2. The Morgan fingerprint density at radius 1 is 0.625 bits per heavy atom. The summed E-state index contributed by atoms with van der Waals surface area (Å²) in [5.41, 5.74) is 1.58. The van der Waals surface area contributed by atoms with Crippen molar-refractivity contribution < 1.29 is 9.67 Å². The van der Waals surface area contributed by atoms with Gasteiger partial charge in [-0.05, 0) is 34.7 Å². The first-order chi connectivity index (χ1) is 15.6. The molecule has 0 heterocycles. The van der Waals surface area contributed by atoms with Gasteiger partial charge in [0.25, 0.3) is 0 Å². The maximum Gasteiger partial charge on any atom is 0.172 e. The van der Waals surface area contributed by atoms with Crippen LogP contribution in [-0.2, 0) is 4.57 Å². The van der Waals surface area contributed by atoms with E-state index in [9.17, 15) is 5.11 Å². The van der Waals surface area contributed by atoms with Crippen molar-refractivity contribution in [2.75, 3.05) is 0 Å². The molecule has 32 heavy (non-hydrogen) atoms. The highest BCUT2D eigenvalue weighted by Gasteiger charge is 2.34. The highest BCUT2D eigenvalue weighted by atomic mass is 35.5. The summed E-state index contributed by atoms with van der Waals surface area (Å²) in [6, 6.07) is 35.9. The van der Waals surface area contributed by atoms with Gasteiger partial charge in [-0.2, -0.15) is 0 Å². The molecule has 5 rings (SSSR count). The number of aromatic hydroxyl groups is 1. The summed E-state index contributed by atoms with van der Waals surface area (Å²) in [4.78, 5) is 0. The highest BCUT2D eigenvalue weighted by molar-refractivity contribution is 7.86. The highest BCUT2D eigenvalue weighted by Crippen LogP contribution is 2.48. The quantitative estimate of drug-likeness (QED) is 0.314. The fourth-order valence-corrected chi connectivity index (χ4v) is 7.40. The molecule has 0 saturated heterocycles. The van der Waals surface area contributed by atoms with Crippen molar-refractivity contribution in [1.82, 2.24) is 0 Å². The fraction of sp³-hybridized carbons (Fsp3) is 0. The van der Waals surface area contributed by atoms with E-state index in [0.717, 1.165) is 27.1 Å². The average molecular weight is 455 g/mol. The van der Waals surface area contributed by atoms with E-state index in [0.29, 0.717) is 15.7 Å². The summed E-state index contributed by atoms with van der Waals surface area (Å²) < 4.78 is 15.3. The topological polar surface area (TPSA) is 37.3 Å². The van der Waals surface area contributed by atoms with E-state index in [4.69, 9.17) is 11.6 Å². The first-order valence-corrected chi connectivity index (χ1v) is 12.4. The first kappa shape index (κ1) is 20.6. The van der Waals surface area contributed by atoms with Crippen LogP contribution in [0.3, 0.4) is 0 Å². The van der Waals surface area contributed by atoms with Crippen LogP contribution in [0.4, 0.5) is 0 Å². The second-order valence-electron chi connectivity index (χ2n) is 7.62. The van der Waals surface area contributed by atoms with Crippen LogP contribution in [0.2, 0.25) is 5.02 Å². The molecule has 0 bridgehead atoms. The average Bonchev–Trinajstić information content (AvgIpc) is 2.85. The van der Waals surface area contributed by atoms with Crippen molar-refractivity contribution in [3.05, 3.63) is 120 Å². The molecule has 0 fully saturated rings. The van der Waals surface area contributed by atoms with E-state index in [1.807, 2.05) is 109 Å². The minimum absolute atomic E-state index is 0.155. The Kier molecular flexibility index (Phi) is 5.35. The Morgan fingerprint density at radius 2 is 1.12 bits per heavy atom. The molecule has 0 aliphatic rings. The Bertz CT molecular complexity index is 1400. The third-order valence-electron chi connectivity index (χ3n) is 5.70. The Morgan fingerprint density at radius 3 is 1.69 bits per heavy atom. The van der Waals surface area contributed by atoms with Gasteiger partial charge in [0.15, 0.2) is 7.14 Å². The van der Waals surface area contributed by atoms with Crippen molar-refractivity contribution in [1.29, 1.82) is 0 Å². The number of hydrogen-bond donors (Lipinski definition) is 1. The maximum atomic E-state index is 15.3. The van der Waals surface area contributed by atoms with E-state index in [1.54, 1.807) is 6.07 Å². The summed E-state index contributed by atoms with van der Waals surface area (Å²) in [6.45, 7) is 0. The molecule has 0 radical (unpaired) electrons. The van der Waals surface area contributed by atoms with E-state index in [2.05, 4.69) is 0 Å². The Labute approximate surface area is 192 Å². The third kappa shape index (κ3) is 3.42. The van der Waals surface area contributed by atoms with Crippen LogP contribution in [0, 0.1) is 0 Å². The number of phenolic OH excluding ortho intramolecular Hbond substituents is 1. The summed E-state index contributed by atoms with van der Waals surface area (Å²) in [7, 11) is -3.30. The number of phenols is 1. The molecule has 0 amide bonds. The predicted molar refractivity (Wildman–Crippen MR) is 135 cm³/mol. The maximum absolute atomic E-state index is 15.3. The van der Waals surface area contributed by atoms with Gasteiger partial charge >= 0.3 is 0 Å². The monoisotopic (exact) mass is 454 g/mol. The summed E-state index contributed by atoms with van der Waals surface area (Å²) in [6.07, 6.45) is 0. The lowest BCUT2D eigenvalue weighted by Gasteiger charge is -2.25. The number of rotatable bonds is 4. The van der Waals surface area contributed by atoms with Crippen molar-refractivity contribution >= 4 is 45.4 Å². The predicted octanol–water partition coefficient (Wildman–Crippen LogP) is 6.51. The minimum atomic E-state index is -3.30. The second-order valence-corrected chi connectivity index (χ2v) is 10.8. The summed E-state index contributed by atoms with van der Waals surface area (Å²) in [5.74, 6) is 0.155. The fourth-order valence-electron chi connectivity index (χ4n) is 4.21. The zero-order valence-corrected chi connectivity index (χ0v) is 18.8. The Balaban J connectivity index is 1.97. The molecule has 0 aliphatic heterocycles. The van der Waals surface area contributed by atoms with Crippen LogP contribution >= 0.6 is 18.7 Å². The lowest BCUT2D eigenvalue weighted by molar-refractivity contribution is 0.482. The van der Waals surface area contributed by atoms with Crippen LogP contribution in [0.15, 0.2) is 115 Å². The van der Waals surface area contributed by atoms with Crippen molar-refractivity contribution in [3.63, 3.8) is 0 Å². The van der Waals surface area contributed by atoms with Gasteiger partial charge in [-0.25, -0.2) is 0 Å². The van der Waals surface area contributed by atoms with Crippen molar-refractivity contribution in [3.8, 4) is 16.9 Å². The van der Waals surface area contributed by atoms with Gasteiger partial charge in [0.2, 0.25) is 0 Å². The molecule has 5 aromatic carbocycles. The molecule has 0 spiro atoms. The normalized spacial score (nSPS) is 11.5. The van der Waals surface area contributed by atoms with E-state index in [-0.39, 0.29) is 5.75 Å². The van der Waals surface area contributed by atoms with Gasteiger partial charge in [0.05, 0.1) is 0 Å². The molecule has 0 aliphatic carbocycles. The molecule has 1 N–H and O–H groups in total. The zero-order valence-electron chi connectivity index (χ0n) is 17.2. The lowest BCUT2D eigenvalue weighted by Crippen LogP contribution is -2.27. The number of halogens is 1. The molecule has 4 heteroatoms. The molecule has 0 atom stereocenters. The molecule has 5 aromatic rings. The van der Waals surface area contributed by atoms with Gasteiger partial charge in [-0.3, -0.25) is 0 Å². The van der Waals surface area contributed by atoms with Gasteiger partial charge in [-0.1, -0.05) is 109 Å². The van der Waals surface area contributed by atoms with Crippen LogP contribution < -0.4 is 15.9 Å². The summed E-state index contributed by atoms with van der Waals surface area (Å²) >= 11 is 6.14. The molecular formula is C28H20ClO2P. The standard InChI is InChI=1S/C28H20ClO2P/c29-21-17-15-20(16-18-21)26-19-27(30)24-13-7-8-14-25(24)28(26)32(31,22-9-3-1-4-10-22)23-11-5-2-6-12-23/h1-19,30H.